The van der Waals surface area contributed by atoms with Gasteiger partial charge in [-0.2, -0.15) is 0 Å². The second-order valence-electron chi connectivity index (χ2n) is 6.31. The van der Waals surface area contributed by atoms with E-state index in [1.807, 2.05) is 0 Å². The summed E-state index contributed by atoms with van der Waals surface area (Å²) < 4.78 is 5.69. The van der Waals surface area contributed by atoms with E-state index in [1.54, 1.807) is 73.7 Å². The van der Waals surface area contributed by atoms with Gasteiger partial charge in [0.05, 0.1) is 11.3 Å². The Kier molecular flexibility index (Phi) is 6.83. The molecule has 0 saturated heterocycles. The number of rotatable bonds is 7. The smallest absolute Gasteiger partial charge is 0.296 e. The Hall–Kier alpha value is -3.64. The summed E-state index contributed by atoms with van der Waals surface area (Å²) in [5.41, 5.74) is 0.864. The van der Waals surface area contributed by atoms with Crippen molar-refractivity contribution in [2.75, 3.05) is 10.6 Å². The SMILES string of the molecule is CCC(=O)Nc1ccccc1C(=O)C(=O)Nc1ccc(Oc2ccc(Cl)cc2)cc1. The van der Waals surface area contributed by atoms with Crippen molar-refractivity contribution in [2.24, 2.45) is 0 Å². The fraction of sp³-hybridized carbons (Fsp3) is 0.0870. The third-order valence-electron chi connectivity index (χ3n) is 4.13. The highest BCUT2D eigenvalue weighted by atomic mass is 35.5. The largest absolute Gasteiger partial charge is 0.457 e. The van der Waals surface area contributed by atoms with Gasteiger partial charge in [0.1, 0.15) is 11.5 Å². The predicted octanol–water partition coefficient (Wildman–Crippen LogP) is 5.30. The molecule has 7 heteroatoms. The molecule has 3 aromatic carbocycles. The second kappa shape index (κ2) is 9.71. The van der Waals surface area contributed by atoms with Crippen molar-refractivity contribution < 1.29 is 19.1 Å². The number of nitrogens with one attached hydrogen (secondary N) is 2. The van der Waals surface area contributed by atoms with E-state index >= 15 is 0 Å². The van der Waals surface area contributed by atoms with Crippen LogP contribution < -0.4 is 15.4 Å². The molecule has 3 rings (SSSR count). The lowest BCUT2D eigenvalue weighted by atomic mass is 10.1. The Morgan fingerprint density at radius 3 is 2.07 bits per heavy atom. The van der Waals surface area contributed by atoms with E-state index in [2.05, 4.69) is 10.6 Å². The molecule has 0 heterocycles. The Balaban J connectivity index is 1.66. The lowest BCUT2D eigenvalue weighted by Gasteiger charge is -2.10. The number of hydrogen-bond donors (Lipinski definition) is 2. The minimum atomic E-state index is -0.806. The number of hydrogen-bond acceptors (Lipinski definition) is 4. The van der Waals surface area contributed by atoms with Gasteiger partial charge >= 0.3 is 0 Å². The third-order valence-corrected chi connectivity index (χ3v) is 4.39. The van der Waals surface area contributed by atoms with Crippen molar-refractivity contribution in [1.82, 2.24) is 0 Å². The van der Waals surface area contributed by atoms with Crippen molar-refractivity contribution in [1.29, 1.82) is 0 Å². The highest BCUT2D eigenvalue weighted by Crippen LogP contribution is 2.24. The summed E-state index contributed by atoms with van der Waals surface area (Å²) in [7, 11) is 0. The molecule has 0 aliphatic rings. The number of carbonyl (C=O) groups excluding carboxylic acids is 3. The number of ether oxygens (including phenoxy) is 1. The Morgan fingerprint density at radius 1 is 0.833 bits per heavy atom. The van der Waals surface area contributed by atoms with Crippen LogP contribution in [0, 0.1) is 0 Å². The second-order valence-corrected chi connectivity index (χ2v) is 6.75. The number of carbonyl (C=O) groups is 3. The first-order valence-electron chi connectivity index (χ1n) is 9.24. The maximum Gasteiger partial charge on any atom is 0.296 e. The van der Waals surface area contributed by atoms with Crippen LogP contribution in [0.1, 0.15) is 23.7 Å². The number of anilines is 2. The monoisotopic (exact) mass is 422 g/mol. The quantitative estimate of drug-likeness (QED) is 0.399. The topological polar surface area (TPSA) is 84.5 Å². The number of para-hydroxylation sites is 1. The van der Waals surface area contributed by atoms with Crippen molar-refractivity contribution >= 4 is 40.6 Å². The van der Waals surface area contributed by atoms with E-state index in [4.69, 9.17) is 16.3 Å². The van der Waals surface area contributed by atoms with E-state index in [-0.39, 0.29) is 17.9 Å². The number of Topliss-reactive ketones (excluding diaryl/α,β-unsaturated/α-hetero) is 1. The van der Waals surface area contributed by atoms with Crippen LogP contribution in [-0.2, 0) is 9.59 Å². The lowest BCUT2D eigenvalue weighted by Crippen LogP contribution is -2.24. The molecule has 6 nitrogen and oxygen atoms in total. The van der Waals surface area contributed by atoms with Gasteiger partial charge in [-0.3, -0.25) is 14.4 Å². The summed E-state index contributed by atoms with van der Waals surface area (Å²) in [6.45, 7) is 1.70. The number of halogens is 1. The average molecular weight is 423 g/mol. The van der Waals surface area contributed by atoms with Gasteiger partial charge < -0.3 is 15.4 Å². The first-order chi connectivity index (χ1) is 14.5. The van der Waals surface area contributed by atoms with Gasteiger partial charge in [0.2, 0.25) is 5.91 Å². The summed E-state index contributed by atoms with van der Waals surface area (Å²) in [6.07, 6.45) is 0.263. The van der Waals surface area contributed by atoms with Crippen LogP contribution >= 0.6 is 11.6 Å². The van der Waals surface area contributed by atoms with Crippen LogP contribution in [0.4, 0.5) is 11.4 Å². The minimum Gasteiger partial charge on any atom is -0.457 e. The lowest BCUT2D eigenvalue weighted by molar-refractivity contribution is -0.116. The Morgan fingerprint density at radius 2 is 1.43 bits per heavy atom. The molecule has 0 aliphatic carbocycles. The maximum absolute atomic E-state index is 12.6. The van der Waals surface area contributed by atoms with Gasteiger partial charge in [-0.15, -0.1) is 0 Å². The van der Waals surface area contributed by atoms with Gasteiger partial charge in [0.15, 0.2) is 0 Å². The molecule has 152 valence electrons. The van der Waals surface area contributed by atoms with Crippen LogP contribution in [0.15, 0.2) is 72.8 Å². The number of ketones is 1. The molecular formula is C23H19ClN2O4. The normalized spacial score (nSPS) is 10.2. The molecule has 0 aliphatic heterocycles. The van der Waals surface area contributed by atoms with Gasteiger partial charge in [-0.05, 0) is 60.7 Å². The summed E-state index contributed by atoms with van der Waals surface area (Å²) in [5.74, 6) is -0.610. The molecule has 0 fully saturated rings. The molecule has 2 N–H and O–H groups in total. The summed E-state index contributed by atoms with van der Waals surface area (Å²) in [6, 6.07) is 19.9. The van der Waals surface area contributed by atoms with Gasteiger partial charge in [-0.25, -0.2) is 0 Å². The fourth-order valence-electron chi connectivity index (χ4n) is 2.58. The van der Waals surface area contributed by atoms with Gasteiger partial charge in [-0.1, -0.05) is 30.7 Å². The van der Waals surface area contributed by atoms with Gasteiger partial charge in [0, 0.05) is 17.1 Å². The zero-order valence-corrected chi connectivity index (χ0v) is 16.9. The number of benzene rings is 3. The first-order valence-corrected chi connectivity index (χ1v) is 9.62. The first kappa shape index (κ1) is 21.1. The minimum absolute atomic E-state index is 0.125. The molecule has 0 saturated carbocycles. The van der Waals surface area contributed by atoms with Crippen LogP contribution in [0.2, 0.25) is 5.02 Å². The molecule has 2 amide bonds. The molecule has 0 unspecified atom stereocenters. The standard InChI is InChI=1S/C23H19ClN2O4/c1-2-21(27)26-20-6-4-3-5-19(20)22(28)23(29)25-16-9-13-18(14-10-16)30-17-11-7-15(24)8-12-17/h3-14H,2H2,1H3,(H,25,29)(H,26,27). The molecule has 0 spiro atoms. The van der Waals surface area contributed by atoms with Crippen LogP contribution in [0.25, 0.3) is 0 Å². The summed E-state index contributed by atoms with van der Waals surface area (Å²) in [5, 5.41) is 5.80. The van der Waals surface area contributed by atoms with E-state index in [0.29, 0.717) is 27.9 Å². The van der Waals surface area contributed by atoms with Crippen molar-refractivity contribution in [3.05, 3.63) is 83.4 Å². The van der Waals surface area contributed by atoms with Crippen LogP contribution in [0.5, 0.6) is 11.5 Å². The zero-order valence-electron chi connectivity index (χ0n) is 16.1. The molecule has 3 aromatic rings. The van der Waals surface area contributed by atoms with Crippen LogP contribution in [0.3, 0.4) is 0 Å². The van der Waals surface area contributed by atoms with Crippen molar-refractivity contribution in [3.63, 3.8) is 0 Å². The predicted molar refractivity (Wildman–Crippen MR) is 116 cm³/mol. The summed E-state index contributed by atoms with van der Waals surface area (Å²) >= 11 is 5.85. The highest BCUT2D eigenvalue weighted by molar-refractivity contribution is 6.47. The molecule has 0 radical (unpaired) electrons. The molecule has 0 atom stereocenters. The Labute approximate surface area is 178 Å². The molecule has 0 aromatic heterocycles. The fourth-order valence-corrected chi connectivity index (χ4v) is 2.71. The number of amides is 2. The van der Waals surface area contributed by atoms with Crippen molar-refractivity contribution in [2.45, 2.75) is 13.3 Å². The van der Waals surface area contributed by atoms with E-state index in [1.165, 1.54) is 6.07 Å². The van der Waals surface area contributed by atoms with E-state index in [0.717, 1.165) is 0 Å². The summed E-state index contributed by atoms with van der Waals surface area (Å²) in [4.78, 5) is 36.6. The Bertz CT molecular complexity index is 1060. The molecular weight excluding hydrogens is 404 g/mol. The maximum atomic E-state index is 12.6. The van der Waals surface area contributed by atoms with E-state index in [9.17, 15) is 14.4 Å². The molecule has 0 bridgehead atoms. The highest BCUT2D eigenvalue weighted by Gasteiger charge is 2.20. The van der Waals surface area contributed by atoms with Crippen molar-refractivity contribution in [3.8, 4) is 11.5 Å². The molecule has 30 heavy (non-hydrogen) atoms. The zero-order chi connectivity index (χ0) is 21.5. The van der Waals surface area contributed by atoms with E-state index < -0.39 is 11.7 Å². The average Bonchev–Trinajstić information content (AvgIpc) is 2.76. The van der Waals surface area contributed by atoms with Gasteiger partial charge in [0.25, 0.3) is 11.7 Å². The third kappa shape index (κ3) is 5.46. The van der Waals surface area contributed by atoms with Crippen LogP contribution in [-0.4, -0.2) is 17.6 Å².